The minimum absolute atomic E-state index is 0.00557. The summed E-state index contributed by atoms with van der Waals surface area (Å²) in [5.74, 6) is 0.532. The van der Waals surface area contributed by atoms with E-state index in [1.165, 1.54) is 12.1 Å². The average Bonchev–Trinajstić information content (AvgIpc) is 4.16. The highest BCUT2D eigenvalue weighted by atomic mass is 35.5. The van der Waals surface area contributed by atoms with Crippen molar-refractivity contribution in [3.63, 3.8) is 0 Å². The normalized spacial score (nSPS) is 20.1. The van der Waals surface area contributed by atoms with E-state index in [0.717, 1.165) is 34.3 Å². The zero-order valence-corrected chi connectivity index (χ0v) is 43.5. The number of carbonyl (C=O) groups is 2. The number of aromatic amines is 1. The molecule has 21 heteroatoms. The maximum Gasteiger partial charge on any atom is 0.274 e. The third-order valence-corrected chi connectivity index (χ3v) is 15.2. The van der Waals surface area contributed by atoms with Crippen molar-refractivity contribution in [3.05, 3.63) is 120 Å². The number of nitrogens with zero attached hydrogens (tertiary/aromatic N) is 4. The number of ether oxygens (including phenoxy) is 3. The second-order valence-corrected chi connectivity index (χ2v) is 21.7. The number of alkyl halides is 1. The lowest BCUT2D eigenvalue weighted by Gasteiger charge is -2.39. The molecule has 7 N–H and O–H groups in total. The van der Waals surface area contributed by atoms with Crippen molar-refractivity contribution < 1.29 is 57.1 Å². The third-order valence-electron chi connectivity index (χ3n) is 13.5. The molecule has 1 saturated heterocycles. The lowest BCUT2D eigenvalue weighted by Crippen LogP contribution is -2.60. The van der Waals surface area contributed by atoms with Crippen LogP contribution in [0, 0.1) is 0 Å². The van der Waals surface area contributed by atoms with Gasteiger partial charge in [-0.05, 0) is 116 Å². The molecule has 75 heavy (non-hydrogen) atoms. The van der Waals surface area contributed by atoms with Gasteiger partial charge in [-0.25, -0.2) is 18.1 Å². The van der Waals surface area contributed by atoms with Crippen LogP contribution in [-0.2, 0) is 26.1 Å². The van der Waals surface area contributed by atoms with Crippen molar-refractivity contribution in [3.8, 4) is 34.3 Å². The number of anilines is 2. The van der Waals surface area contributed by atoms with Crippen LogP contribution >= 0.6 is 11.6 Å². The van der Waals surface area contributed by atoms with Gasteiger partial charge in [0.25, 0.3) is 5.91 Å². The second kappa shape index (κ2) is 22.3. The van der Waals surface area contributed by atoms with Crippen LogP contribution in [0.25, 0.3) is 44.5 Å². The van der Waals surface area contributed by atoms with E-state index in [1.54, 1.807) is 47.5 Å². The molecule has 9 rings (SSSR count). The van der Waals surface area contributed by atoms with Crippen LogP contribution in [0.4, 0.5) is 11.4 Å². The van der Waals surface area contributed by atoms with E-state index in [-0.39, 0.29) is 48.5 Å². The van der Waals surface area contributed by atoms with Crippen molar-refractivity contribution in [1.29, 1.82) is 0 Å². The first-order valence-corrected chi connectivity index (χ1v) is 26.3. The molecule has 7 aromatic rings. The molecule has 2 aromatic heterocycles. The Labute approximate surface area is 438 Å². The standard InChI is InChI=1S/C54H60ClN7O12S/c1-30(55)40-28-62(53(68)42-24-34-23-36(13-17-41(34)59-42)71-21-20-60(2)3)43-25-44(73-54-51(67)50(66)49(65)46(29-63)74-54)39-22-31(6-16-38(39)48(40)43)26-56-47(64)18-19-58-75(69,70)37-14-9-33(10-15-37)52-57-27-45(72-52)32-7-11-35(12-8-32)61(4)5/h6-17,22-25,27,30,40,46,49-51,54,58-59,63,65-67H,18-21,26,28-29H2,1-5H3,(H,56,64)/t30-,40+,46?,49+,50?,51?,54-/m1/s1. The highest BCUT2D eigenvalue weighted by Gasteiger charge is 2.45. The van der Waals surface area contributed by atoms with Crippen LogP contribution in [0.2, 0.25) is 0 Å². The maximum absolute atomic E-state index is 14.6. The Bertz CT molecular complexity index is 3290. The number of rotatable bonds is 19. The van der Waals surface area contributed by atoms with E-state index in [1.807, 2.05) is 93.4 Å². The number of likely N-dealkylation sites (N-methyl/N-ethyl adjacent to an activating group) is 1. The van der Waals surface area contributed by atoms with E-state index in [4.69, 9.17) is 30.2 Å². The predicted octanol–water partition coefficient (Wildman–Crippen LogP) is 5.18. The van der Waals surface area contributed by atoms with E-state index in [2.05, 4.69) is 20.0 Å². The fourth-order valence-electron chi connectivity index (χ4n) is 9.23. The number of carbonyl (C=O) groups excluding carboxylic acids is 2. The minimum atomic E-state index is -3.99. The fourth-order valence-corrected chi connectivity index (χ4v) is 10.5. The number of amides is 2. The highest BCUT2D eigenvalue weighted by Crippen LogP contribution is 2.48. The number of hydrogen-bond acceptors (Lipinski definition) is 15. The number of aromatic nitrogens is 2. The second-order valence-electron chi connectivity index (χ2n) is 19.2. The van der Waals surface area contributed by atoms with E-state index in [9.17, 15) is 38.4 Å². The van der Waals surface area contributed by atoms with Crippen molar-refractivity contribution >= 4 is 66.5 Å². The first-order valence-electron chi connectivity index (χ1n) is 24.4. The lowest BCUT2D eigenvalue weighted by atomic mass is 9.91. The van der Waals surface area contributed by atoms with Gasteiger partial charge in [-0.2, -0.15) is 0 Å². The fraction of sp³-hybridized carbons (Fsp3) is 0.352. The molecular weight excluding hydrogens is 1010 g/mol. The minimum Gasteiger partial charge on any atom is -0.492 e. The molecule has 396 valence electrons. The van der Waals surface area contributed by atoms with Crippen molar-refractivity contribution in [2.45, 2.75) is 66.8 Å². The lowest BCUT2D eigenvalue weighted by molar-refractivity contribution is -0.277. The largest absolute Gasteiger partial charge is 0.492 e. The Morgan fingerprint density at radius 1 is 0.920 bits per heavy atom. The van der Waals surface area contributed by atoms with Gasteiger partial charge < -0.3 is 64.1 Å². The molecule has 19 nitrogen and oxygen atoms in total. The topological polar surface area (TPSA) is 252 Å². The monoisotopic (exact) mass is 1070 g/mol. The maximum atomic E-state index is 14.6. The average molecular weight is 1070 g/mol. The smallest absolute Gasteiger partial charge is 0.274 e. The molecule has 2 amide bonds. The predicted molar refractivity (Wildman–Crippen MR) is 284 cm³/mol. The van der Waals surface area contributed by atoms with Crippen molar-refractivity contribution in [1.82, 2.24) is 24.9 Å². The van der Waals surface area contributed by atoms with Gasteiger partial charge in [0.05, 0.1) is 23.4 Å². The van der Waals surface area contributed by atoms with Crippen molar-refractivity contribution in [2.75, 3.05) is 70.8 Å². The number of fused-ring (bicyclic) bond motifs is 4. The third kappa shape index (κ3) is 11.5. The van der Waals surface area contributed by atoms with Crippen LogP contribution < -0.4 is 29.3 Å². The number of sulfonamides is 1. The van der Waals surface area contributed by atoms with Gasteiger partial charge in [0.2, 0.25) is 28.1 Å². The summed E-state index contributed by atoms with van der Waals surface area (Å²) in [5.41, 5.74) is 5.35. The summed E-state index contributed by atoms with van der Waals surface area (Å²) >= 11 is 6.91. The number of hydrogen-bond donors (Lipinski definition) is 7. The summed E-state index contributed by atoms with van der Waals surface area (Å²) in [6, 6.07) is 28.2. The summed E-state index contributed by atoms with van der Waals surface area (Å²) < 4.78 is 53.0. The quantitative estimate of drug-likeness (QED) is 0.0515. The summed E-state index contributed by atoms with van der Waals surface area (Å²) in [7, 11) is 3.84. The van der Waals surface area contributed by atoms with Gasteiger partial charge in [-0.1, -0.05) is 12.1 Å². The Kier molecular flexibility index (Phi) is 15.8. The first-order chi connectivity index (χ1) is 35.9. The number of oxazole rings is 1. The molecule has 7 atom stereocenters. The first kappa shape index (κ1) is 53.2. The van der Waals surface area contributed by atoms with Crippen LogP contribution in [0.5, 0.6) is 11.5 Å². The zero-order chi connectivity index (χ0) is 53.3. The van der Waals surface area contributed by atoms with Gasteiger partial charge in [0.1, 0.15) is 48.2 Å². The van der Waals surface area contributed by atoms with Gasteiger partial charge in [-0.3, -0.25) is 9.59 Å². The Morgan fingerprint density at radius 3 is 2.37 bits per heavy atom. The van der Waals surface area contributed by atoms with E-state index < -0.39 is 58.6 Å². The summed E-state index contributed by atoms with van der Waals surface area (Å²) in [6.07, 6.45) is -6.50. The van der Waals surface area contributed by atoms with E-state index >= 15 is 0 Å². The Balaban J connectivity index is 0.910. The van der Waals surface area contributed by atoms with Gasteiger partial charge in [0.15, 0.2) is 5.76 Å². The molecule has 3 unspecified atom stereocenters. The molecule has 1 fully saturated rings. The van der Waals surface area contributed by atoms with Crippen molar-refractivity contribution in [2.24, 2.45) is 0 Å². The molecule has 2 aliphatic rings. The summed E-state index contributed by atoms with van der Waals surface area (Å²) in [6.45, 7) is 2.41. The SMILES string of the molecule is C[C@@H](Cl)[C@@H]1CN(C(=O)c2cc3cc(OCCN(C)C)ccc3[nH]2)c2cc(O[C@@H]3OC(CO)[C@H](O)C(O)C3O)c3cc(CNC(=O)CCNS(=O)(=O)c4ccc(-c5ncc(-c6ccc(N(C)C)cc6)o5)cc4)ccc3c21. The van der Waals surface area contributed by atoms with E-state index in [0.29, 0.717) is 57.3 Å². The molecular formula is C54H60ClN7O12S. The summed E-state index contributed by atoms with van der Waals surface area (Å²) in [5, 5.41) is 46.5. The number of nitrogens with one attached hydrogen (secondary N) is 3. The molecule has 0 saturated carbocycles. The Hall–Kier alpha value is -6.59. The molecule has 2 aliphatic heterocycles. The molecule has 0 bridgehead atoms. The van der Waals surface area contributed by atoms with Gasteiger partial charge in [-0.15, -0.1) is 11.6 Å². The highest BCUT2D eigenvalue weighted by molar-refractivity contribution is 7.89. The van der Waals surface area contributed by atoms with Gasteiger partial charge >= 0.3 is 0 Å². The molecule has 5 aromatic carbocycles. The number of aliphatic hydroxyl groups excluding tert-OH is 4. The van der Waals surface area contributed by atoms with Gasteiger partial charge in [0, 0.05) is 97.2 Å². The zero-order valence-electron chi connectivity index (χ0n) is 41.9. The number of benzene rings is 5. The molecule has 0 radical (unpaired) electrons. The summed E-state index contributed by atoms with van der Waals surface area (Å²) in [4.78, 5) is 41.0. The molecule has 0 spiro atoms. The Morgan fingerprint density at radius 2 is 1.67 bits per heavy atom. The van der Waals surface area contributed by atoms with Crippen LogP contribution in [0.15, 0.2) is 113 Å². The molecule has 0 aliphatic carbocycles. The number of aliphatic hydroxyl groups is 4. The van der Waals surface area contributed by atoms with Crippen LogP contribution in [0.3, 0.4) is 0 Å². The van der Waals surface area contributed by atoms with Crippen LogP contribution in [0.1, 0.15) is 40.9 Å². The number of H-pyrrole nitrogens is 1. The van der Waals surface area contributed by atoms with Crippen LogP contribution in [-0.4, -0.2) is 153 Å². The number of halogens is 1. The molecule has 4 heterocycles.